The molecule has 4 rings (SSSR count). The first-order valence-electron chi connectivity index (χ1n) is 9.05. The van der Waals surface area contributed by atoms with Gasteiger partial charge in [-0.3, -0.25) is 9.69 Å². The first-order chi connectivity index (χ1) is 13.1. The number of carbonyl (C=O) groups excluding carboxylic acids is 1. The molecule has 3 aromatic rings. The Morgan fingerprint density at radius 2 is 2.15 bits per heavy atom. The summed E-state index contributed by atoms with van der Waals surface area (Å²) in [5, 5.41) is 7.99. The van der Waals surface area contributed by atoms with Gasteiger partial charge in [0.05, 0.1) is 11.3 Å². The molecule has 1 atom stereocenters. The topological polar surface area (TPSA) is 73.0 Å². The number of aromatic nitrogens is 2. The van der Waals surface area contributed by atoms with E-state index in [0.717, 1.165) is 47.8 Å². The lowest BCUT2D eigenvalue weighted by Crippen LogP contribution is -2.28. The molecule has 3 N–H and O–H groups in total. The van der Waals surface area contributed by atoms with Gasteiger partial charge in [-0.2, -0.15) is 0 Å². The lowest BCUT2D eigenvalue weighted by Gasteiger charge is -2.19. The van der Waals surface area contributed by atoms with E-state index in [-0.39, 0.29) is 11.9 Å². The Labute approximate surface area is 162 Å². The number of hydrogen-bond donors (Lipinski definition) is 3. The molecule has 140 valence electrons. The second-order valence-corrected chi connectivity index (χ2v) is 7.29. The SMILES string of the molecule is CNC(=O)c1cnc2[nH]ccc2c1NC1CCN(Cc2ccc(Cl)cc2)C1. The molecule has 1 amide bonds. The van der Waals surface area contributed by atoms with Crippen LogP contribution in [-0.4, -0.2) is 47.0 Å². The minimum atomic E-state index is -0.135. The molecule has 0 spiro atoms. The zero-order valence-electron chi connectivity index (χ0n) is 15.1. The van der Waals surface area contributed by atoms with E-state index in [1.807, 2.05) is 24.4 Å². The molecular weight excluding hydrogens is 362 g/mol. The second kappa shape index (κ2) is 7.58. The van der Waals surface area contributed by atoms with Crippen molar-refractivity contribution in [2.45, 2.75) is 19.0 Å². The van der Waals surface area contributed by atoms with Crippen LogP contribution in [0.1, 0.15) is 22.3 Å². The van der Waals surface area contributed by atoms with Gasteiger partial charge in [0.2, 0.25) is 0 Å². The van der Waals surface area contributed by atoms with Gasteiger partial charge in [-0.15, -0.1) is 0 Å². The summed E-state index contributed by atoms with van der Waals surface area (Å²) in [6, 6.07) is 10.2. The first-order valence-corrected chi connectivity index (χ1v) is 9.43. The Balaban J connectivity index is 1.50. The fourth-order valence-electron chi connectivity index (χ4n) is 3.62. The maximum Gasteiger partial charge on any atom is 0.254 e. The molecule has 0 saturated carbocycles. The Morgan fingerprint density at radius 1 is 1.33 bits per heavy atom. The number of hydrogen-bond acceptors (Lipinski definition) is 4. The molecule has 27 heavy (non-hydrogen) atoms. The van der Waals surface area contributed by atoms with Crippen molar-refractivity contribution >= 4 is 34.2 Å². The largest absolute Gasteiger partial charge is 0.380 e. The van der Waals surface area contributed by atoms with Crippen molar-refractivity contribution < 1.29 is 4.79 Å². The lowest BCUT2D eigenvalue weighted by atomic mass is 10.1. The van der Waals surface area contributed by atoms with E-state index in [9.17, 15) is 4.79 Å². The average molecular weight is 384 g/mol. The van der Waals surface area contributed by atoms with Crippen LogP contribution < -0.4 is 10.6 Å². The number of anilines is 1. The van der Waals surface area contributed by atoms with Gasteiger partial charge in [0.1, 0.15) is 5.65 Å². The summed E-state index contributed by atoms with van der Waals surface area (Å²) < 4.78 is 0. The maximum absolute atomic E-state index is 12.3. The summed E-state index contributed by atoms with van der Waals surface area (Å²) in [4.78, 5) is 22.2. The van der Waals surface area contributed by atoms with Crippen LogP contribution in [-0.2, 0) is 6.54 Å². The van der Waals surface area contributed by atoms with Crippen molar-refractivity contribution in [3.63, 3.8) is 0 Å². The molecule has 1 unspecified atom stereocenters. The van der Waals surface area contributed by atoms with Crippen molar-refractivity contribution in [2.24, 2.45) is 0 Å². The number of nitrogens with zero attached hydrogens (tertiary/aromatic N) is 2. The van der Waals surface area contributed by atoms with Crippen LogP contribution in [0.4, 0.5) is 5.69 Å². The summed E-state index contributed by atoms with van der Waals surface area (Å²) >= 11 is 5.97. The van der Waals surface area contributed by atoms with Crippen molar-refractivity contribution in [1.82, 2.24) is 20.2 Å². The number of fused-ring (bicyclic) bond motifs is 1. The van der Waals surface area contributed by atoms with Crippen LogP contribution in [0.25, 0.3) is 11.0 Å². The number of pyridine rings is 1. The molecule has 1 aromatic carbocycles. The smallest absolute Gasteiger partial charge is 0.254 e. The third-order valence-corrected chi connectivity index (χ3v) is 5.25. The zero-order valence-corrected chi connectivity index (χ0v) is 15.9. The number of aromatic amines is 1. The van der Waals surface area contributed by atoms with Gasteiger partial charge in [-0.25, -0.2) is 4.98 Å². The number of likely N-dealkylation sites (tertiary alicyclic amines) is 1. The minimum Gasteiger partial charge on any atom is -0.380 e. The third kappa shape index (κ3) is 3.77. The van der Waals surface area contributed by atoms with E-state index < -0.39 is 0 Å². The number of carbonyl (C=O) groups is 1. The van der Waals surface area contributed by atoms with E-state index in [0.29, 0.717) is 5.56 Å². The summed E-state index contributed by atoms with van der Waals surface area (Å²) in [6.45, 7) is 2.83. The van der Waals surface area contributed by atoms with Gasteiger partial charge in [0.15, 0.2) is 0 Å². The number of benzene rings is 1. The third-order valence-electron chi connectivity index (χ3n) is 5.00. The normalized spacial score (nSPS) is 17.3. The molecule has 3 heterocycles. The molecule has 1 saturated heterocycles. The number of H-pyrrole nitrogens is 1. The highest BCUT2D eigenvalue weighted by atomic mass is 35.5. The quantitative estimate of drug-likeness (QED) is 0.632. The summed E-state index contributed by atoms with van der Waals surface area (Å²) in [7, 11) is 1.64. The van der Waals surface area contributed by atoms with Gasteiger partial charge in [0, 0.05) is 55.5 Å². The number of rotatable bonds is 5. The Morgan fingerprint density at radius 3 is 2.93 bits per heavy atom. The monoisotopic (exact) mass is 383 g/mol. The molecule has 7 heteroatoms. The van der Waals surface area contributed by atoms with Crippen molar-refractivity contribution in [1.29, 1.82) is 0 Å². The van der Waals surface area contributed by atoms with Crippen LogP contribution in [0.3, 0.4) is 0 Å². The van der Waals surface area contributed by atoms with Crippen molar-refractivity contribution in [2.75, 3.05) is 25.5 Å². The van der Waals surface area contributed by atoms with Gasteiger partial charge >= 0.3 is 0 Å². The number of amides is 1. The summed E-state index contributed by atoms with van der Waals surface area (Å²) in [5.74, 6) is -0.135. The van der Waals surface area contributed by atoms with Gasteiger partial charge in [-0.05, 0) is 30.2 Å². The predicted octanol–water partition coefficient (Wildman–Crippen LogP) is 3.26. The molecule has 6 nitrogen and oxygen atoms in total. The van der Waals surface area contributed by atoms with Crippen LogP contribution in [0.2, 0.25) is 5.02 Å². The molecule has 0 aliphatic carbocycles. The maximum atomic E-state index is 12.3. The molecular formula is C20H22ClN5O. The fourth-order valence-corrected chi connectivity index (χ4v) is 3.74. The minimum absolute atomic E-state index is 0.135. The van der Waals surface area contributed by atoms with Gasteiger partial charge < -0.3 is 15.6 Å². The summed E-state index contributed by atoms with van der Waals surface area (Å²) in [6.07, 6.45) is 4.49. The number of nitrogens with one attached hydrogen (secondary N) is 3. The highest BCUT2D eigenvalue weighted by Crippen LogP contribution is 2.28. The van der Waals surface area contributed by atoms with Crippen LogP contribution in [0.5, 0.6) is 0 Å². The van der Waals surface area contributed by atoms with E-state index >= 15 is 0 Å². The molecule has 2 aromatic heterocycles. The first kappa shape index (κ1) is 17.8. The Kier molecular flexibility index (Phi) is 5.01. The Hall–Kier alpha value is -2.57. The standard InChI is InChI=1S/C20H22ClN5O/c1-22-20(27)17-10-24-19-16(6-8-23-19)18(17)25-15-7-9-26(12-15)11-13-2-4-14(21)5-3-13/h2-6,8,10,15H,7,9,11-12H2,1H3,(H,22,27)(H2,23,24,25). The van der Waals surface area contributed by atoms with Gasteiger partial charge in [-0.1, -0.05) is 23.7 Å². The molecule has 1 aliphatic rings. The molecule has 1 fully saturated rings. The van der Waals surface area contributed by atoms with Gasteiger partial charge in [0.25, 0.3) is 5.91 Å². The van der Waals surface area contributed by atoms with Crippen molar-refractivity contribution in [3.8, 4) is 0 Å². The van der Waals surface area contributed by atoms with Crippen LogP contribution in [0, 0.1) is 0 Å². The van der Waals surface area contributed by atoms with Crippen LogP contribution >= 0.6 is 11.6 Å². The van der Waals surface area contributed by atoms with E-state index in [2.05, 4.69) is 37.6 Å². The second-order valence-electron chi connectivity index (χ2n) is 6.86. The molecule has 0 bridgehead atoms. The van der Waals surface area contributed by atoms with E-state index in [1.54, 1.807) is 13.2 Å². The zero-order chi connectivity index (χ0) is 18.8. The number of halogens is 1. The van der Waals surface area contributed by atoms with E-state index in [4.69, 9.17) is 11.6 Å². The van der Waals surface area contributed by atoms with Crippen LogP contribution in [0.15, 0.2) is 42.7 Å². The van der Waals surface area contributed by atoms with Crippen molar-refractivity contribution in [3.05, 3.63) is 58.9 Å². The highest BCUT2D eigenvalue weighted by Gasteiger charge is 2.25. The average Bonchev–Trinajstić information content (AvgIpc) is 3.33. The van der Waals surface area contributed by atoms with E-state index in [1.165, 1.54) is 5.56 Å². The predicted molar refractivity (Wildman–Crippen MR) is 108 cm³/mol. The highest BCUT2D eigenvalue weighted by molar-refractivity contribution is 6.30. The summed E-state index contributed by atoms with van der Waals surface area (Å²) in [5.41, 5.74) is 3.45. The lowest BCUT2D eigenvalue weighted by molar-refractivity contribution is 0.0963. The Bertz CT molecular complexity index is 953. The molecule has 1 aliphatic heterocycles. The fraction of sp³-hybridized carbons (Fsp3) is 0.300. The molecule has 0 radical (unpaired) electrons.